The quantitative estimate of drug-likeness (QED) is 0.642. The van der Waals surface area contributed by atoms with Crippen LogP contribution < -0.4 is 10.5 Å². The molecule has 1 unspecified atom stereocenters. The van der Waals surface area contributed by atoms with Gasteiger partial charge in [-0.25, -0.2) is 0 Å². The normalized spacial score (nSPS) is 12.2. The Morgan fingerprint density at radius 3 is 2.62 bits per heavy atom. The van der Waals surface area contributed by atoms with Gasteiger partial charge in [0, 0.05) is 12.0 Å². The van der Waals surface area contributed by atoms with E-state index in [0.717, 1.165) is 34.9 Å². The molecule has 0 spiro atoms. The average Bonchev–Trinajstić information content (AvgIpc) is 2.59. The molecule has 3 N–H and O–H groups in total. The standard InChI is InChI=1S/C20H27NO3/c1-2-3-4-5-8-13-24-19-12-11-15-9-6-7-10-16(15)17(19)14-18(21)20(22)23/h6-7,9-12,18H,2-5,8,13-14,21H2,1H3,(H,22,23). The van der Waals surface area contributed by atoms with Crippen LogP contribution in [0.2, 0.25) is 0 Å². The zero-order valence-electron chi connectivity index (χ0n) is 14.3. The predicted molar refractivity (Wildman–Crippen MR) is 97.5 cm³/mol. The number of fused-ring (bicyclic) bond motifs is 1. The van der Waals surface area contributed by atoms with Crippen LogP contribution in [0.25, 0.3) is 10.8 Å². The van der Waals surface area contributed by atoms with Gasteiger partial charge in [0.15, 0.2) is 0 Å². The molecule has 0 saturated carbocycles. The Labute approximate surface area is 143 Å². The number of carboxylic acid groups (broad SMARTS) is 1. The highest BCUT2D eigenvalue weighted by Gasteiger charge is 2.17. The van der Waals surface area contributed by atoms with Crippen LogP contribution >= 0.6 is 0 Å². The van der Waals surface area contributed by atoms with E-state index in [-0.39, 0.29) is 6.42 Å². The zero-order valence-corrected chi connectivity index (χ0v) is 14.3. The molecule has 0 amide bonds. The molecule has 4 nitrogen and oxygen atoms in total. The van der Waals surface area contributed by atoms with Gasteiger partial charge in [0.05, 0.1) is 6.61 Å². The fourth-order valence-corrected chi connectivity index (χ4v) is 2.86. The number of ether oxygens (including phenoxy) is 1. The van der Waals surface area contributed by atoms with E-state index in [0.29, 0.717) is 6.61 Å². The van der Waals surface area contributed by atoms with Gasteiger partial charge in [0.2, 0.25) is 0 Å². The highest BCUT2D eigenvalue weighted by molar-refractivity contribution is 5.88. The van der Waals surface area contributed by atoms with Gasteiger partial charge in [-0.3, -0.25) is 4.79 Å². The largest absolute Gasteiger partial charge is 0.493 e. The Hall–Kier alpha value is -2.07. The van der Waals surface area contributed by atoms with Gasteiger partial charge in [-0.05, 0) is 23.3 Å². The summed E-state index contributed by atoms with van der Waals surface area (Å²) in [6.45, 7) is 2.85. The summed E-state index contributed by atoms with van der Waals surface area (Å²) >= 11 is 0. The van der Waals surface area contributed by atoms with E-state index in [1.807, 2.05) is 36.4 Å². The third kappa shape index (κ3) is 4.96. The summed E-state index contributed by atoms with van der Waals surface area (Å²) in [6, 6.07) is 10.9. The minimum Gasteiger partial charge on any atom is -0.493 e. The first-order valence-corrected chi connectivity index (χ1v) is 8.75. The number of nitrogens with two attached hydrogens (primary N) is 1. The van der Waals surface area contributed by atoms with E-state index < -0.39 is 12.0 Å². The molecule has 24 heavy (non-hydrogen) atoms. The fraction of sp³-hybridized carbons (Fsp3) is 0.450. The number of carbonyl (C=O) groups is 1. The van der Waals surface area contributed by atoms with E-state index in [1.54, 1.807) is 0 Å². The highest BCUT2D eigenvalue weighted by atomic mass is 16.5. The van der Waals surface area contributed by atoms with Crippen LogP contribution in [0.5, 0.6) is 5.75 Å². The van der Waals surface area contributed by atoms with E-state index in [9.17, 15) is 4.79 Å². The number of hydrogen-bond donors (Lipinski definition) is 2. The fourth-order valence-electron chi connectivity index (χ4n) is 2.86. The van der Waals surface area contributed by atoms with Gasteiger partial charge in [0.1, 0.15) is 11.8 Å². The van der Waals surface area contributed by atoms with Crippen molar-refractivity contribution in [2.24, 2.45) is 5.73 Å². The monoisotopic (exact) mass is 329 g/mol. The van der Waals surface area contributed by atoms with E-state index in [4.69, 9.17) is 15.6 Å². The van der Waals surface area contributed by atoms with Gasteiger partial charge in [0.25, 0.3) is 0 Å². The molecule has 0 aliphatic rings. The summed E-state index contributed by atoms with van der Waals surface area (Å²) in [7, 11) is 0. The lowest BCUT2D eigenvalue weighted by atomic mass is 9.98. The van der Waals surface area contributed by atoms with E-state index in [2.05, 4.69) is 6.92 Å². The molecule has 0 bridgehead atoms. The number of aliphatic carboxylic acids is 1. The molecule has 0 heterocycles. The Balaban J connectivity index is 2.14. The van der Waals surface area contributed by atoms with Crippen LogP contribution in [-0.4, -0.2) is 23.7 Å². The molecule has 2 aromatic carbocycles. The Bertz CT molecular complexity index is 669. The molecule has 0 fully saturated rings. The van der Waals surface area contributed by atoms with Crippen molar-refractivity contribution in [3.63, 3.8) is 0 Å². The van der Waals surface area contributed by atoms with Crippen molar-refractivity contribution in [2.75, 3.05) is 6.61 Å². The van der Waals surface area contributed by atoms with Crippen LogP contribution in [0.4, 0.5) is 0 Å². The van der Waals surface area contributed by atoms with E-state index in [1.165, 1.54) is 19.3 Å². The van der Waals surface area contributed by atoms with Crippen molar-refractivity contribution in [1.82, 2.24) is 0 Å². The van der Waals surface area contributed by atoms with Gasteiger partial charge in [-0.15, -0.1) is 0 Å². The second kappa shape index (κ2) is 9.28. The van der Waals surface area contributed by atoms with Crippen molar-refractivity contribution in [1.29, 1.82) is 0 Å². The van der Waals surface area contributed by atoms with Crippen molar-refractivity contribution in [3.8, 4) is 5.75 Å². The Morgan fingerprint density at radius 1 is 1.12 bits per heavy atom. The number of benzene rings is 2. The van der Waals surface area contributed by atoms with Gasteiger partial charge in [-0.1, -0.05) is 62.9 Å². The second-order valence-electron chi connectivity index (χ2n) is 6.17. The Kier molecular flexibility index (Phi) is 7.07. The third-order valence-corrected chi connectivity index (χ3v) is 4.24. The first kappa shape index (κ1) is 18.3. The molecule has 4 heteroatoms. The molecular formula is C20H27NO3. The first-order chi connectivity index (χ1) is 11.6. The van der Waals surface area contributed by atoms with Gasteiger partial charge in [-0.2, -0.15) is 0 Å². The summed E-state index contributed by atoms with van der Waals surface area (Å²) in [5.41, 5.74) is 6.65. The van der Waals surface area contributed by atoms with Crippen molar-refractivity contribution in [2.45, 2.75) is 51.5 Å². The molecular weight excluding hydrogens is 302 g/mol. The lowest BCUT2D eigenvalue weighted by Gasteiger charge is -2.16. The average molecular weight is 329 g/mol. The van der Waals surface area contributed by atoms with Crippen molar-refractivity contribution < 1.29 is 14.6 Å². The van der Waals surface area contributed by atoms with Gasteiger partial charge >= 0.3 is 5.97 Å². The maximum Gasteiger partial charge on any atom is 0.320 e. The molecule has 2 aromatic rings. The topological polar surface area (TPSA) is 72.5 Å². The minimum absolute atomic E-state index is 0.266. The second-order valence-corrected chi connectivity index (χ2v) is 6.17. The van der Waals surface area contributed by atoms with Crippen LogP contribution in [0.1, 0.15) is 44.6 Å². The summed E-state index contributed by atoms with van der Waals surface area (Å²) in [5.74, 6) is -0.241. The molecule has 0 aliphatic heterocycles. The van der Waals surface area contributed by atoms with Crippen molar-refractivity contribution in [3.05, 3.63) is 42.0 Å². The molecule has 0 aliphatic carbocycles. The van der Waals surface area contributed by atoms with Gasteiger partial charge < -0.3 is 15.6 Å². The lowest BCUT2D eigenvalue weighted by Crippen LogP contribution is -2.32. The number of unbranched alkanes of at least 4 members (excludes halogenated alkanes) is 4. The van der Waals surface area contributed by atoms with Crippen LogP contribution in [0.15, 0.2) is 36.4 Å². The zero-order chi connectivity index (χ0) is 17.4. The smallest absolute Gasteiger partial charge is 0.320 e. The van der Waals surface area contributed by atoms with Crippen LogP contribution in [0.3, 0.4) is 0 Å². The van der Waals surface area contributed by atoms with Crippen LogP contribution in [0, 0.1) is 0 Å². The molecule has 0 aromatic heterocycles. The SMILES string of the molecule is CCCCCCCOc1ccc2ccccc2c1CC(N)C(=O)O. The summed E-state index contributed by atoms with van der Waals surface area (Å²) in [5, 5.41) is 11.2. The summed E-state index contributed by atoms with van der Waals surface area (Å²) in [6.07, 6.45) is 6.15. The van der Waals surface area contributed by atoms with Crippen molar-refractivity contribution >= 4 is 16.7 Å². The maximum atomic E-state index is 11.1. The summed E-state index contributed by atoms with van der Waals surface area (Å²) < 4.78 is 5.96. The number of hydrogen-bond acceptors (Lipinski definition) is 3. The number of carboxylic acids is 1. The lowest BCUT2D eigenvalue weighted by molar-refractivity contribution is -0.138. The highest BCUT2D eigenvalue weighted by Crippen LogP contribution is 2.29. The molecule has 0 saturated heterocycles. The van der Waals surface area contributed by atoms with Crippen LogP contribution in [-0.2, 0) is 11.2 Å². The number of rotatable bonds is 10. The first-order valence-electron chi connectivity index (χ1n) is 8.75. The minimum atomic E-state index is -0.992. The molecule has 130 valence electrons. The molecule has 0 radical (unpaired) electrons. The molecule has 2 rings (SSSR count). The molecule has 1 atom stereocenters. The van der Waals surface area contributed by atoms with E-state index >= 15 is 0 Å². The predicted octanol–water partition coefficient (Wildman–Crippen LogP) is 4.14. The Morgan fingerprint density at radius 2 is 1.88 bits per heavy atom. The maximum absolute atomic E-state index is 11.1. The third-order valence-electron chi connectivity index (χ3n) is 4.24. The summed E-state index contributed by atoms with van der Waals surface area (Å²) in [4.78, 5) is 11.1.